The number of aldehydes is 1. The lowest BCUT2D eigenvalue weighted by atomic mass is 9.89. The molecule has 2 atom stereocenters. The minimum atomic E-state index is -0.348. The third-order valence-electron chi connectivity index (χ3n) is 2.45. The Kier molecular flexibility index (Phi) is 2.39. The van der Waals surface area contributed by atoms with E-state index in [4.69, 9.17) is 4.74 Å². The Morgan fingerprint density at radius 3 is 1.92 bits per heavy atom. The van der Waals surface area contributed by atoms with E-state index < -0.39 is 0 Å². The molecule has 1 heterocycles. The van der Waals surface area contributed by atoms with Crippen LogP contribution in [0.1, 0.15) is 27.7 Å². The van der Waals surface area contributed by atoms with Gasteiger partial charge in [0, 0.05) is 0 Å². The van der Waals surface area contributed by atoms with Crippen LogP contribution in [-0.2, 0) is 9.53 Å². The summed E-state index contributed by atoms with van der Waals surface area (Å²) in [6.45, 7) is 7.90. The summed E-state index contributed by atoms with van der Waals surface area (Å²) in [6.07, 6.45) is 0.980. The number of halogens is 1. The molecule has 0 aromatic carbocycles. The Hall–Kier alpha value is 0.110. The molecule has 0 radical (unpaired) electrons. The van der Waals surface area contributed by atoms with Crippen LogP contribution in [0.4, 0.5) is 0 Å². The summed E-state index contributed by atoms with van der Waals surface area (Å²) in [5, 5.41) is 0. The van der Waals surface area contributed by atoms with Crippen molar-refractivity contribution in [3.63, 3.8) is 0 Å². The molecule has 0 saturated carbocycles. The van der Waals surface area contributed by atoms with Gasteiger partial charge in [-0.3, -0.25) is 0 Å². The van der Waals surface area contributed by atoms with Crippen molar-refractivity contribution in [2.45, 2.75) is 43.7 Å². The largest absolute Gasteiger partial charge is 0.368 e. The molecule has 0 amide bonds. The van der Waals surface area contributed by atoms with Crippen LogP contribution in [0.25, 0.3) is 0 Å². The number of hydrogen-bond acceptors (Lipinski definition) is 2. The number of alkyl halides is 1. The lowest BCUT2D eigenvalue weighted by Gasteiger charge is -2.24. The number of ether oxygens (including phenoxy) is 1. The average Bonchev–Trinajstić information content (AvgIpc) is 1.98. The molecular formula is C9H15BrO2. The van der Waals surface area contributed by atoms with Crippen molar-refractivity contribution in [2.24, 2.45) is 5.92 Å². The maximum absolute atomic E-state index is 10.8. The molecule has 0 spiro atoms. The molecule has 70 valence electrons. The second kappa shape index (κ2) is 2.81. The van der Waals surface area contributed by atoms with Crippen molar-refractivity contribution in [3.8, 4) is 0 Å². The van der Waals surface area contributed by atoms with Crippen molar-refractivity contribution in [2.75, 3.05) is 0 Å². The zero-order chi connectivity index (χ0) is 9.57. The first-order chi connectivity index (χ1) is 5.31. The molecule has 0 N–H and O–H groups in total. The molecule has 1 rings (SSSR count). The van der Waals surface area contributed by atoms with E-state index in [0.29, 0.717) is 0 Å². The fraction of sp³-hybridized carbons (Fsp3) is 0.889. The summed E-state index contributed by atoms with van der Waals surface area (Å²) >= 11 is 3.51. The number of carbonyl (C=O) groups is 1. The zero-order valence-electron chi connectivity index (χ0n) is 7.93. The molecule has 2 unspecified atom stereocenters. The van der Waals surface area contributed by atoms with Crippen LogP contribution >= 0.6 is 15.9 Å². The van der Waals surface area contributed by atoms with Gasteiger partial charge in [0.25, 0.3) is 0 Å². The Labute approximate surface area is 81.8 Å². The van der Waals surface area contributed by atoms with Crippen LogP contribution < -0.4 is 0 Å². The Balaban J connectivity index is 2.95. The molecule has 1 aliphatic heterocycles. The molecule has 0 aromatic rings. The van der Waals surface area contributed by atoms with Crippen LogP contribution in [0.5, 0.6) is 0 Å². The normalized spacial score (nSPS) is 38.1. The summed E-state index contributed by atoms with van der Waals surface area (Å²) < 4.78 is 5.77. The third kappa shape index (κ3) is 1.44. The minimum Gasteiger partial charge on any atom is -0.368 e. The average molecular weight is 235 g/mol. The second-order valence-corrected chi connectivity index (χ2v) is 5.36. The van der Waals surface area contributed by atoms with Gasteiger partial charge in [0.2, 0.25) is 0 Å². The van der Waals surface area contributed by atoms with Crippen LogP contribution in [-0.4, -0.2) is 22.3 Å². The van der Waals surface area contributed by atoms with E-state index in [1.54, 1.807) is 0 Å². The smallest absolute Gasteiger partial charge is 0.127 e. The molecule has 3 heteroatoms. The zero-order valence-corrected chi connectivity index (χ0v) is 9.51. The van der Waals surface area contributed by atoms with Gasteiger partial charge in [-0.15, -0.1) is 0 Å². The van der Waals surface area contributed by atoms with Gasteiger partial charge in [0.05, 0.1) is 21.9 Å². The third-order valence-corrected chi connectivity index (χ3v) is 4.13. The van der Waals surface area contributed by atoms with Crippen molar-refractivity contribution in [1.82, 2.24) is 0 Å². The van der Waals surface area contributed by atoms with Crippen molar-refractivity contribution >= 4 is 22.2 Å². The lowest BCUT2D eigenvalue weighted by Crippen LogP contribution is -2.31. The van der Waals surface area contributed by atoms with Crippen LogP contribution in [0, 0.1) is 5.92 Å². The lowest BCUT2D eigenvalue weighted by molar-refractivity contribution is -0.117. The molecule has 1 saturated heterocycles. The van der Waals surface area contributed by atoms with Crippen molar-refractivity contribution < 1.29 is 9.53 Å². The highest BCUT2D eigenvalue weighted by Crippen LogP contribution is 2.44. The first-order valence-corrected chi connectivity index (χ1v) is 5.02. The van der Waals surface area contributed by atoms with E-state index in [2.05, 4.69) is 15.9 Å². The van der Waals surface area contributed by atoms with E-state index in [0.717, 1.165) is 6.29 Å². The molecule has 0 aliphatic carbocycles. The van der Waals surface area contributed by atoms with Crippen molar-refractivity contribution in [3.05, 3.63) is 0 Å². The first kappa shape index (κ1) is 10.2. The van der Waals surface area contributed by atoms with E-state index in [1.165, 1.54) is 0 Å². The Morgan fingerprint density at radius 1 is 1.25 bits per heavy atom. The van der Waals surface area contributed by atoms with Gasteiger partial charge in [-0.25, -0.2) is 0 Å². The van der Waals surface area contributed by atoms with E-state index in [-0.39, 0.29) is 21.9 Å². The first-order valence-electron chi connectivity index (χ1n) is 4.11. The monoisotopic (exact) mass is 234 g/mol. The van der Waals surface area contributed by atoms with Gasteiger partial charge in [-0.05, 0) is 27.7 Å². The van der Waals surface area contributed by atoms with Crippen LogP contribution in [0.2, 0.25) is 0 Å². The number of hydrogen-bond donors (Lipinski definition) is 0. The van der Waals surface area contributed by atoms with Gasteiger partial charge in [-0.1, -0.05) is 15.9 Å². The van der Waals surface area contributed by atoms with Gasteiger partial charge >= 0.3 is 0 Å². The van der Waals surface area contributed by atoms with Gasteiger partial charge in [0.1, 0.15) is 6.29 Å². The summed E-state index contributed by atoms with van der Waals surface area (Å²) in [7, 11) is 0. The molecule has 2 nitrogen and oxygen atoms in total. The molecule has 1 fully saturated rings. The maximum atomic E-state index is 10.8. The standard InChI is InChI=1S/C9H15BrO2/c1-8(2)6(5-11)7(10)9(3,4)12-8/h5-7H,1-4H3. The topological polar surface area (TPSA) is 26.3 Å². The molecule has 0 bridgehead atoms. The highest BCUT2D eigenvalue weighted by atomic mass is 79.9. The SMILES string of the molecule is CC1(C)OC(C)(C)C(C=O)C1Br. The predicted octanol–water partition coefficient (Wildman–Crippen LogP) is 2.15. The fourth-order valence-corrected chi connectivity index (χ4v) is 2.67. The molecule has 12 heavy (non-hydrogen) atoms. The summed E-state index contributed by atoms with van der Waals surface area (Å²) in [5.41, 5.74) is -0.603. The van der Waals surface area contributed by atoms with Crippen molar-refractivity contribution in [1.29, 1.82) is 0 Å². The van der Waals surface area contributed by atoms with Gasteiger partial charge in [0.15, 0.2) is 0 Å². The Bertz CT molecular complexity index is 199. The summed E-state index contributed by atoms with van der Waals surface area (Å²) in [6, 6.07) is 0. The van der Waals surface area contributed by atoms with Crippen LogP contribution in [0.3, 0.4) is 0 Å². The number of carbonyl (C=O) groups excluding carboxylic acids is 1. The van der Waals surface area contributed by atoms with Crippen LogP contribution in [0.15, 0.2) is 0 Å². The highest BCUT2D eigenvalue weighted by Gasteiger charge is 2.52. The Morgan fingerprint density at radius 2 is 1.75 bits per heavy atom. The highest BCUT2D eigenvalue weighted by molar-refractivity contribution is 9.09. The van der Waals surface area contributed by atoms with Gasteiger partial charge in [-0.2, -0.15) is 0 Å². The molecule has 0 aromatic heterocycles. The molecule has 1 aliphatic rings. The maximum Gasteiger partial charge on any atom is 0.127 e. The van der Waals surface area contributed by atoms with E-state index >= 15 is 0 Å². The second-order valence-electron chi connectivity index (χ2n) is 4.37. The van der Waals surface area contributed by atoms with E-state index in [9.17, 15) is 4.79 Å². The summed E-state index contributed by atoms with van der Waals surface area (Å²) in [4.78, 5) is 10.9. The quantitative estimate of drug-likeness (QED) is 0.514. The van der Waals surface area contributed by atoms with E-state index in [1.807, 2.05) is 27.7 Å². The minimum absolute atomic E-state index is 0.0625. The van der Waals surface area contributed by atoms with Gasteiger partial charge < -0.3 is 9.53 Å². The fourth-order valence-electron chi connectivity index (χ4n) is 1.82. The summed E-state index contributed by atoms with van der Waals surface area (Å²) in [5.74, 6) is -0.0625. The number of rotatable bonds is 1. The predicted molar refractivity (Wildman–Crippen MR) is 51.5 cm³/mol. The molecular weight excluding hydrogens is 220 g/mol.